The van der Waals surface area contributed by atoms with Crippen LogP contribution in [-0.2, 0) is 36.8 Å². The highest BCUT2D eigenvalue weighted by molar-refractivity contribution is 5.85. The predicted molar refractivity (Wildman–Crippen MR) is 186 cm³/mol. The molecule has 1 saturated heterocycles. The first-order chi connectivity index (χ1) is 25.4. The first kappa shape index (κ1) is 35.4. The molecule has 7 rings (SSSR count). The quantitative estimate of drug-likeness (QED) is 0.168. The van der Waals surface area contributed by atoms with Gasteiger partial charge in [-0.25, -0.2) is 9.48 Å². The number of rotatable bonds is 10. The van der Waals surface area contributed by atoms with Crippen molar-refractivity contribution >= 4 is 23.7 Å². The number of hydrogen-bond donors (Lipinski definition) is 1. The first-order valence-corrected chi connectivity index (χ1v) is 17.0. The van der Waals surface area contributed by atoms with Gasteiger partial charge in [-0.1, -0.05) is 17.3 Å². The number of nitrogens with zero attached hydrogens (tertiary/aromatic N) is 3. The zero-order chi connectivity index (χ0) is 37.4. The first-order valence-electron chi connectivity index (χ1n) is 17.0. The highest BCUT2D eigenvalue weighted by Gasteiger charge is 2.54. The molecular weight excluding hydrogens is 688 g/mol. The molecule has 15 nitrogen and oxygen atoms in total. The van der Waals surface area contributed by atoms with E-state index < -0.39 is 47.5 Å². The summed E-state index contributed by atoms with van der Waals surface area (Å²) in [4.78, 5) is 39.2. The van der Waals surface area contributed by atoms with E-state index in [9.17, 15) is 14.4 Å². The number of esters is 2. The van der Waals surface area contributed by atoms with Crippen molar-refractivity contribution < 1.29 is 52.3 Å². The van der Waals surface area contributed by atoms with Crippen molar-refractivity contribution in [1.82, 2.24) is 15.0 Å². The van der Waals surface area contributed by atoms with E-state index in [0.29, 0.717) is 52.1 Å². The Labute approximate surface area is 305 Å². The van der Waals surface area contributed by atoms with Crippen molar-refractivity contribution in [2.75, 3.05) is 40.0 Å². The van der Waals surface area contributed by atoms with Crippen LogP contribution in [-0.4, -0.2) is 73.4 Å². The molecule has 0 saturated carbocycles. The number of amides is 1. The van der Waals surface area contributed by atoms with E-state index in [1.54, 1.807) is 39.1 Å². The lowest BCUT2D eigenvalue weighted by Gasteiger charge is -2.38. The second kappa shape index (κ2) is 14.2. The summed E-state index contributed by atoms with van der Waals surface area (Å²) in [5, 5.41) is 11.1. The zero-order valence-corrected chi connectivity index (χ0v) is 30.2. The molecule has 3 aromatic carbocycles. The summed E-state index contributed by atoms with van der Waals surface area (Å²) in [6, 6.07) is 14.5. The molecule has 15 heteroatoms. The van der Waals surface area contributed by atoms with Gasteiger partial charge in [-0.3, -0.25) is 14.9 Å². The fourth-order valence-electron chi connectivity index (χ4n) is 7.09. The summed E-state index contributed by atoms with van der Waals surface area (Å²) in [5.41, 5.74) is 3.65. The van der Waals surface area contributed by atoms with Gasteiger partial charge >= 0.3 is 18.0 Å². The predicted octanol–water partition coefficient (Wildman–Crippen LogP) is 5.19. The van der Waals surface area contributed by atoms with Gasteiger partial charge in [0, 0.05) is 35.7 Å². The topological polar surface area (TPSA) is 168 Å². The Hall–Kier alpha value is -5.99. The van der Waals surface area contributed by atoms with Crippen molar-refractivity contribution in [1.29, 1.82) is 0 Å². The summed E-state index contributed by atoms with van der Waals surface area (Å²) >= 11 is 0. The van der Waals surface area contributed by atoms with E-state index in [0.717, 1.165) is 16.7 Å². The molecule has 1 aromatic heterocycles. The van der Waals surface area contributed by atoms with Gasteiger partial charge in [0.2, 0.25) is 12.5 Å². The van der Waals surface area contributed by atoms with Crippen LogP contribution in [0, 0.1) is 11.8 Å². The summed E-state index contributed by atoms with van der Waals surface area (Å²) in [6.07, 6.45) is 0.740. The van der Waals surface area contributed by atoms with Gasteiger partial charge in [-0.2, -0.15) is 0 Å². The number of nitrogens with one attached hydrogen (secondary N) is 1. The lowest BCUT2D eigenvalue weighted by Crippen LogP contribution is -2.37. The molecule has 4 atom stereocenters. The van der Waals surface area contributed by atoms with Gasteiger partial charge in [-0.05, 0) is 73.9 Å². The molecule has 3 aliphatic rings. The Bertz CT molecular complexity index is 2010. The summed E-state index contributed by atoms with van der Waals surface area (Å²) in [7, 11) is 4.58. The second-order valence-corrected chi connectivity index (χ2v) is 13.9. The molecule has 1 amide bonds. The molecule has 278 valence electrons. The Balaban J connectivity index is 1.11. The maximum absolute atomic E-state index is 13.6. The number of cyclic esters (lactones) is 1. The van der Waals surface area contributed by atoms with Crippen molar-refractivity contribution in [3.05, 3.63) is 82.7 Å². The molecule has 0 unspecified atom stereocenters. The maximum Gasteiger partial charge on any atom is 0.412 e. The van der Waals surface area contributed by atoms with Crippen LogP contribution in [0.3, 0.4) is 0 Å². The summed E-state index contributed by atoms with van der Waals surface area (Å²) in [6.45, 7) is 5.26. The van der Waals surface area contributed by atoms with Crippen molar-refractivity contribution in [2.45, 2.75) is 51.4 Å². The number of fused-ring (bicyclic) bond motifs is 3. The van der Waals surface area contributed by atoms with Crippen molar-refractivity contribution in [3.8, 4) is 28.7 Å². The van der Waals surface area contributed by atoms with E-state index >= 15 is 0 Å². The molecule has 1 aliphatic carbocycles. The maximum atomic E-state index is 13.6. The monoisotopic (exact) mass is 728 g/mol. The van der Waals surface area contributed by atoms with Crippen LogP contribution < -0.4 is 29.0 Å². The van der Waals surface area contributed by atoms with Gasteiger partial charge in [0.05, 0.1) is 39.5 Å². The third-order valence-corrected chi connectivity index (χ3v) is 9.29. The van der Waals surface area contributed by atoms with Crippen LogP contribution in [0.2, 0.25) is 0 Å². The Morgan fingerprint density at radius 1 is 0.925 bits per heavy atom. The largest absolute Gasteiger partial charge is 0.493 e. The van der Waals surface area contributed by atoms with Gasteiger partial charge < -0.3 is 37.9 Å². The number of methoxy groups -OCH3 is 3. The smallest absolute Gasteiger partial charge is 0.412 e. The third-order valence-electron chi connectivity index (χ3n) is 9.29. The molecule has 0 bridgehead atoms. The zero-order valence-electron chi connectivity index (χ0n) is 30.2. The average Bonchev–Trinajstić information content (AvgIpc) is 3.87. The molecule has 1 fully saturated rings. The highest BCUT2D eigenvalue weighted by atomic mass is 16.7. The molecule has 1 N–H and O–H groups in total. The number of aromatic nitrogens is 3. The molecule has 0 radical (unpaired) electrons. The average molecular weight is 729 g/mol. The van der Waals surface area contributed by atoms with E-state index in [1.807, 2.05) is 36.4 Å². The van der Waals surface area contributed by atoms with Crippen LogP contribution in [0.5, 0.6) is 28.7 Å². The second-order valence-electron chi connectivity index (χ2n) is 13.9. The molecule has 2 aliphatic heterocycles. The number of carbonyl (C=O) groups is 3. The van der Waals surface area contributed by atoms with Crippen LogP contribution in [0.15, 0.2) is 54.7 Å². The SMILES string of the molecule is COc1cc([C@@H]2c3cc4c(cc3[C@H](OC(=O)Cn3cc(Cc5ccc(NC(=O)OC(C)(C)C)cc5)nn3)[C@H]3COC(=O)[C@H]23)OCO4)cc(OC)c1OC. The van der Waals surface area contributed by atoms with E-state index in [1.165, 1.54) is 26.0 Å². The third kappa shape index (κ3) is 7.23. The lowest BCUT2D eigenvalue weighted by molar-refractivity contribution is -0.155. The van der Waals surface area contributed by atoms with E-state index in [4.69, 9.17) is 37.9 Å². The minimum absolute atomic E-state index is 0.0359. The van der Waals surface area contributed by atoms with Gasteiger partial charge in [-0.15, -0.1) is 5.10 Å². The highest BCUT2D eigenvalue weighted by Crippen LogP contribution is 2.56. The molecule has 53 heavy (non-hydrogen) atoms. The number of anilines is 1. The van der Waals surface area contributed by atoms with Gasteiger partial charge in [0.1, 0.15) is 18.2 Å². The normalized spacial score (nSPS) is 19.8. The fraction of sp³-hybridized carbons (Fsp3) is 0.395. The van der Waals surface area contributed by atoms with Crippen molar-refractivity contribution in [3.63, 3.8) is 0 Å². The molecule has 3 heterocycles. The van der Waals surface area contributed by atoms with Gasteiger partial charge in [0.15, 0.2) is 23.0 Å². The molecular formula is C38H40N4O11. The Morgan fingerprint density at radius 3 is 2.25 bits per heavy atom. The molecule has 4 aromatic rings. The van der Waals surface area contributed by atoms with Crippen LogP contribution in [0.4, 0.5) is 10.5 Å². The Kier molecular flexibility index (Phi) is 9.49. The van der Waals surface area contributed by atoms with Crippen LogP contribution in [0.25, 0.3) is 0 Å². The number of ether oxygens (including phenoxy) is 8. The summed E-state index contributed by atoms with van der Waals surface area (Å²) in [5.74, 6) is -0.422. The van der Waals surface area contributed by atoms with Crippen LogP contribution >= 0.6 is 0 Å². The van der Waals surface area contributed by atoms with Gasteiger partial charge in [0.25, 0.3) is 0 Å². The van der Waals surface area contributed by atoms with Crippen LogP contribution in [0.1, 0.15) is 60.7 Å². The summed E-state index contributed by atoms with van der Waals surface area (Å²) < 4.78 is 46.8. The fourth-order valence-corrected chi connectivity index (χ4v) is 7.09. The van der Waals surface area contributed by atoms with E-state index in [-0.39, 0.29) is 19.9 Å². The van der Waals surface area contributed by atoms with Crippen molar-refractivity contribution in [2.24, 2.45) is 11.8 Å². The minimum atomic E-state index is -0.836. The number of carbonyl (C=O) groups excluding carboxylic acids is 3. The number of hydrogen-bond acceptors (Lipinski definition) is 13. The lowest BCUT2D eigenvalue weighted by atomic mass is 9.66. The molecule has 0 spiro atoms. The van der Waals surface area contributed by atoms with E-state index in [2.05, 4.69) is 15.6 Å². The standard InChI is InChI=1S/C38H40N4O11/c1-38(2,3)53-37(45)39-22-9-7-20(8-10-22)11-23-16-42(41-40-23)17-31(43)52-34-25-15-28-27(50-19-51-28)14-24(25)32(33-26(34)18-49-36(33)44)21-12-29(46-4)35(48-6)30(13-21)47-5/h7-10,12-16,26,32-34H,11,17-19H2,1-6H3,(H,39,45)/t26-,32+,33-,34-/m0/s1. The number of benzene rings is 3. The minimum Gasteiger partial charge on any atom is -0.493 e. The Morgan fingerprint density at radius 2 is 1.60 bits per heavy atom.